The number of aryl methyl sites for hydroxylation is 1. The second-order valence-electron chi connectivity index (χ2n) is 8.57. The summed E-state index contributed by atoms with van der Waals surface area (Å²) in [7, 11) is -3.73. The van der Waals surface area contributed by atoms with Gasteiger partial charge in [0.2, 0.25) is 21.8 Å². The van der Waals surface area contributed by atoms with Crippen molar-refractivity contribution in [1.82, 2.24) is 10.2 Å². The Balaban J connectivity index is 2.37. The Morgan fingerprint density at radius 1 is 0.970 bits per heavy atom. The summed E-state index contributed by atoms with van der Waals surface area (Å²) < 4.78 is 26.5. The van der Waals surface area contributed by atoms with Crippen molar-refractivity contribution in [1.29, 1.82) is 0 Å². The molecule has 2 rings (SSSR count). The molecule has 0 aliphatic rings. The van der Waals surface area contributed by atoms with Crippen molar-refractivity contribution in [3.05, 3.63) is 65.7 Å². The number of carbonyl (C=O) groups is 2. The van der Waals surface area contributed by atoms with Crippen LogP contribution in [0.4, 0.5) is 5.69 Å². The molecular weight excluding hydrogens is 438 g/mol. The van der Waals surface area contributed by atoms with Crippen molar-refractivity contribution < 1.29 is 18.0 Å². The molecule has 0 heterocycles. The highest BCUT2D eigenvalue weighted by molar-refractivity contribution is 7.92. The van der Waals surface area contributed by atoms with Gasteiger partial charge in [-0.05, 0) is 36.5 Å². The Kier molecular flexibility index (Phi) is 9.46. The number of para-hydroxylation sites is 1. The predicted molar refractivity (Wildman–Crippen MR) is 132 cm³/mol. The molecule has 0 saturated carbocycles. The lowest BCUT2D eigenvalue weighted by molar-refractivity contribution is -0.139. The monoisotopic (exact) mass is 473 g/mol. The van der Waals surface area contributed by atoms with Crippen LogP contribution in [0, 0.1) is 5.92 Å². The first-order chi connectivity index (χ1) is 15.5. The molecular formula is C25H35N3O4S. The zero-order valence-corrected chi connectivity index (χ0v) is 20.9. The van der Waals surface area contributed by atoms with E-state index in [4.69, 9.17) is 0 Å². The van der Waals surface area contributed by atoms with Crippen molar-refractivity contribution in [2.24, 2.45) is 5.92 Å². The summed E-state index contributed by atoms with van der Waals surface area (Å²) in [6, 6.07) is 15.7. The maximum Gasteiger partial charge on any atom is 0.244 e. The van der Waals surface area contributed by atoms with Crippen molar-refractivity contribution in [3.63, 3.8) is 0 Å². The average Bonchev–Trinajstić information content (AvgIpc) is 2.78. The second kappa shape index (κ2) is 11.8. The van der Waals surface area contributed by atoms with Gasteiger partial charge in [0.05, 0.1) is 11.9 Å². The number of benzene rings is 2. The second-order valence-corrected chi connectivity index (χ2v) is 10.5. The van der Waals surface area contributed by atoms with Crippen LogP contribution in [0.5, 0.6) is 0 Å². The minimum Gasteiger partial charge on any atom is -0.354 e. The topological polar surface area (TPSA) is 86.8 Å². The van der Waals surface area contributed by atoms with Crippen LogP contribution < -0.4 is 9.62 Å². The summed E-state index contributed by atoms with van der Waals surface area (Å²) in [5.41, 5.74) is 2.16. The van der Waals surface area contributed by atoms with Gasteiger partial charge in [0.15, 0.2) is 0 Å². The fourth-order valence-electron chi connectivity index (χ4n) is 3.46. The molecule has 0 aliphatic heterocycles. The Morgan fingerprint density at radius 3 is 2.15 bits per heavy atom. The number of hydrogen-bond donors (Lipinski definition) is 1. The zero-order valence-electron chi connectivity index (χ0n) is 20.1. The maximum absolute atomic E-state index is 13.5. The molecule has 0 fully saturated rings. The minimum absolute atomic E-state index is 0.197. The Labute approximate surface area is 197 Å². The van der Waals surface area contributed by atoms with E-state index in [1.807, 2.05) is 63.2 Å². The van der Waals surface area contributed by atoms with Crippen LogP contribution in [0.15, 0.2) is 54.6 Å². The van der Waals surface area contributed by atoms with Crippen molar-refractivity contribution in [2.75, 3.05) is 23.7 Å². The van der Waals surface area contributed by atoms with E-state index in [0.29, 0.717) is 18.7 Å². The third-order valence-electron chi connectivity index (χ3n) is 5.37. The van der Waals surface area contributed by atoms with Gasteiger partial charge in [0.25, 0.3) is 0 Å². The van der Waals surface area contributed by atoms with E-state index in [9.17, 15) is 18.0 Å². The van der Waals surface area contributed by atoms with Crippen LogP contribution in [0.1, 0.15) is 38.8 Å². The van der Waals surface area contributed by atoms with E-state index >= 15 is 0 Å². The summed E-state index contributed by atoms with van der Waals surface area (Å²) >= 11 is 0. The highest BCUT2D eigenvalue weighted by Crippen LogP contribution is 2.24. The van der Waals surface area contributed by atoms with Crippen LogP contribution in [0.2, 0.25) is 0 Å². The van der Waals surface area contributed by atoms with Crippen LogP contribution in [0.3, 0.4) is 0 Å². The molecule has 2 aromatic carbocycles. The van der Waals surface area contributed by atoms with E-state index in [-0.39, 0.29) is 24.9 Å². The number of amides is 2. The molecule has 0 aliphatic carbocycles. The van der Waals surface area contributed by atoms with Crippen LogP contribution >= 0.6 is 0 Å². The fraction of sp³-hybridized carbons (Fsp3) is 0.440. The number of nitrogens with one attached hydrogen (secondary N) is 1. The molecule has 33 heavy (non-hydrogen) atoms. The molecule has 0 saturated heterocycles. The van der Waals surface area contributed by atoms with E-state index < -0.39 is 22.0 Å². The van der Waals surface area contributed by atoms with E-state index in [2.05, 4.69) is 5.32 Å². The number of sulfonamides is 1. The molecule has 0 aromatic heterocycles. The minimum atomic E-state index is -3.73. The Hall–Kier alpha value is -2.87. The molecule has 180 valence electrons. The molecule has 1 atom stereocenters. The van der Waals surface area contributed by atoms with Gasteiger partial charge < -0.3 is 10.2 Å². The van der Waals surface area contributed by atoms with Crippen molar-refractivity contribution >= 4 is 27.5 Å². The molecule has 0 radical (unpaired) electrons. The van der Waals surface area contributed by atoms with Gasteiger partial charge in [-0.25, -0.2) is 8.42 Å². The van der Waals surface area contributed by atoms with Gasteiger partial charge in [-0.15, -0.1) is 0 Å². The SMILES string of the molecule is CCc1ccccc1N(CC(=O)N(Cc1ccccc1)C(C)C(=O)NCC(C)C)S(C)(=O)=O. The van der Waals surface area contributed by atoms with Gasteiger partial charge in [-0.2, -0.15) is 0 Å². The number of anilines is 1. The van der Waals surface area contributed by atoms with Crippen LogP contribution in [-0.4, -0.2) is 50.5 Å². The summed E-state index contributed by atoms with van der Waals surface area (Å²) in [6.07, 6.45) is 1.71. The zero-order chi connectivity index (χ0) is 24.6. The standard InChI is InChI=1S/C25H35N3O4S/c1-6-22-14-10-11-15-23(22)28(33(5,31)32)18-24(29)27(17-21-12-8-7-9-13-21)20(4)25(30)26-16-19(2)3/h7-15,19-20H,6,16-18H2,1-5H3,(H,26,30). The molecule has 1 N–H and O–H groups in total. The molecule has 2 amide bonds. The molecule has 0 spiro atoms. The maximum atomic E-state index is 13.5. The molecule has 1 unspecified atom stereocenters. The summed E-state index contributed by atoms with van der Waals surface area (Å²) in [5.74, 6) is -0.444. The number of hydrogen-bond acceptors (Lipinski definition) is 4. The van der Waals surface area contributed by atoms with E-state index in [1.54, 1.807) is 19.1 Å². The highest BCUT2D eigenvalue weighted by atomic mass is 32.2. The smallest absolute Gasteiger partial charge is 0.244 e. The number of rotatable bonds is 11. The van der Waals surface area contributed by atoms with Gasteiger partial charge in [-0.1, -0.05) is 69.3 Å². The molecule has 0 bridgehead atoms. The van der Waals surface area contributed by atoms with Crippen molar-refractivity contribution in [3.8, 4) is 0 Å². The molecule has 8 heteroatoms. The van der Waals surface area contributed by atoms with E-state index in [1.165, 1.54) is 4.90 Å². The first-order valence-electron chi connectivity index (χ1n) is 11.2. The first kappa shape index (κ1) is 26.4. The summed E-state index contributed by atoms with van der Waals surface area (Å²) in [5, 5.41) is 2.87. The largest absolute Gasteiger partial charge is 0.354 e. The third kappa shape index (κ3) is 7.60. The lowest BCUT2D eigenvalue weighted by Gasteiger charge is -2.32. The van der Waals surface area contributed by atoms with Gasteiger partial charge in [0, 0.05) is 13.1 Å². The normalized spacial score (nSPS) is 12.3. The molecule has 7 nitrogen and oxygen atoms in total. The molecule has 2 aromatic rings. The lowest BCUT2D eigenvalue weighted by Crippen LogP contribution is -2.51. The first-order valence-corrected chi connectivity index (χ1v) is 13.1. The third-order valence-corrected chi connectivity index (χ3v) is 6.49. The number of nitrogens with zero attached hydrogens (tertiary/aromatic N) is 2. The van der Waals surface area contributed by atoms with E-state index in [0.717, 1.165) is 21.7 Å². The fourth-order valence-corrected chi connectivity index (χ4v) is 4.34. The lowest BCUT2D eigenvalue weighted by atomic mass is 10.1. The van der Waals surface area contributed by atoms with Crippen LogP contribution in [0.25, 0.3) is 0 Å². The van der Waals surface area contributed by atoms with Gasteiger partial charge in [-0.3, -0.25) is 13.9 Å². The summed E-state index contributed by atoms with van der Waals surface area (Å²) in [6.45, 7) is 7.90. The highest BCUT2D eigenvalue weighted by Gasteiger charge is 2.30. The quantitative estimate of drug-likeness (QED) is 0.543. The predicted octanol–water partition coefficient (Wildman–Crippen LogP) is 3.20. The van der Waals surface area contributed by atoms with Gasteiger partial charge >= 0.3 is 0 Å². The van der Waals surface area contributed by atoms with Crippen LogP contribution in [-0.2, 0) is 32.6 Å². The van der Waals surface area contributed by atoms with Gasteiger partial charge in [0.1, 0.15) is 12.6 Å². The number of carbonyl (C=O) groups excluding carboxylic acids is 2. The van der Waals surface area contributed by atoms with Crippen molar-refractivity contribution in [2.45, 2.75) is 46.7 Å². The summed E-state index contributed by atoms with van der Waals surface area (Å²) in [4.78, 5) is 27.7. The average molecular weight is 474 g/mol. The Bertz CT molecular complexity index is 1040. The Morgan fingerprint density at radius 2 is 1.58 bits per heavy atom.